The van der Waals surface area contributed by atoms with Crippen LogP contribution in [-0.4, -0.2) is 37.6 Å². The van der Waals surface area contributed by atoms with Gasteiger partial charge in [0.15, 0.2) is 0 Å². The average Bonchev–Trinajstić information content (AvgIpc) is 2.54. The fourth-order valence-corrected chi connectivity index (χ4v) is 4.34. The van der Waals surface area contributed by atoms with Crippen molar-refractivity contribution in [3.05, 3.63) is 29.3 Å². The van der Waals surface area contributed by atoms with E-state index in [1.165, 1.54) is 12.1 Å². The smallest absolute Gasteiger partial charge is 0.338 e. The Bertz CT molecular complexity index is 779. The molecule has 1 aliphatic carbocycles. The highest BCUT2D eigenvalue weighted by Crippen LogP contribution is 2.26. The molecule has 1 aromatic carbocycles. The van der Waals surface area contributed by atoms with Crippen molar-refractivity contribution in [3.63, 3.8) is 0 Å². The van der Waals surface area contributed by atoms with Crippen LogP contribution in [-0.2, 0) is 19.6 Å². The van der Waals surface area contributed by atoms with Crippen molar-refractivity contribution < 1.29 is 27.9 Å². The Morgan fingerprint density at radius 2 is 1.81 bits per heavy atom. The quantitative estimate of drug-likeness (QED) is 0.730. The molecule has 0 bridgehead atoms. The van der Waals surface area contributed by atoms with Gasteiger partial charge < -0.3 is 9.84 Å². The van der Waals surface area contributed by atoms with Crippen molar-refractivity contribution >= 4 is 22.0 Å². The first-order chi connectivity index (χ1) is 12.1. The van der Waals surface area contributed by atoms with E-state index >= 15 is 0 Å². The molecule has 2 N–H and O–H groups in total. The highest BCUT2D eigenvalue weighted by atomic mass is 32.2. The summed E-state index contributed by atoms with van der Waals surface area (Å²) in [5, 5.41) is 9.02. The van der Waals surface area contributed by atoms with Crippen LogP contribution in [0.25, 0.3) is 0 Å². The highest BCUT2D eigenvalue weighted by molar-refractivity contribution is 7.89. The molecule has 8 heteroatoms. The van der Waals surface area contributed by atoms with E-state index in [-0.39, 0.29) is 22.6 Å². The average molecular weight is 383 g/mol. The number of carboxylic acid groups (broad SMARTS) is 1. The Morgan fingerprint density at radius 1 is 1.19 bits per heavy atom. The van der Waals surface area contributed by atoms with E-state index in [4.69, 9.17) is 9.84 Å². The number of aliphatic carboxylic acids is 1. The van der Waals surface area contributed by atoms with Gasteiger partial charge in [-0.05, 0) is 64.2 Å². The van der Waals surface area contributed by atoms with Crippen LogP contribution in [0.3, 0.4) is 0 Å². The first kappa shape index (κ1) is 20.4. The van der Waals surface area contributed by atoms with Gasteiger partial charge in [-0.3, -0.25) is 4.79 Å². The van der Waals surface area contributed by atoms with Crippen molar-refractivity contribution in [2.24, 2.45) is 5.92 Å². The van der Waals surface area contributed by atoms with Gasteiger partial charge in [-0.25, -0.2) is 17.9 Å². The Hall–Kier alpha value is -1.93. The number of aryl methyl sites for hydroxylation is 1. The molecule has 7 nitrogen and oxygen atoms in total. The first-order valence-electron chi connectivity index (χ1n) is 8.67. The standard InChI is InChI=1S/C18H25NO6S/c1-11(2)25-18(22)16-10-15(9-4-12(16)3)26(23,24)19-14-7-5-13(6-8-14)17(20)21/h4,9-11,13-14,19H,5-8H2,1-3H3,(H,20,21). The van der Waals surface area contributed by atoms with E-state index in [0.29, 0.717) is 31.2 Å². The third kappa shape index (κ3) is 5.04. The van der Waals surface area contributed by atoms with E-state index in [9.17, 15) is 18.0 Å². The van der Waals surface area contributed by atoms with E-state index in [0.717, 1.165) is 0 Å². The van der Waals surface area contributed by atoms with Crippen LogP contribution in [0.2, 0.25) is 0 Å². The largest absolute Gasteiger partial charge is 0.481 e. The number of esters is 1. The number of carboxylic acids is 1. The number of carbonyl (C=O) groups excluding carboxylic acids is 1. The minimum absolute atomic E-state index is 0.000774. The zero-order chi connectivity index (χ0) is 19.5. The van der Waals surface area contributed by atoms with Gasteiger partial charge in [-0.2, -0.15) is 0 Å². The number of hydrogen-bond donors (Lipinski definition) is 2. The lowest BCUT2D eigenvalue weighted by Gasteiger charge is -2.26. The Labute approximate surface area is 153 Å². The van der Waals surface area contributed by atoms with Gasteiger partial charge in [0, 0.05) is 6.04 Å². The van der Waals surface area contributed by atoms with Crippen molar-refractivity contribution in [2.75, 3.05) is 0 Å². The van der Waals surface area contributed by atoms with Crippen molar-refractivity contribution in [1.29, 1.82) is 0 Å². The molecule has 0 atom stereocenters. The van der Waals surface area contributed by atoms with Crippen LogP contribution in [0.5, 0.6) is 0 Å². The third-order valence-electron chi connectivity index (χ3n) is 4.48. The number of hydrogen-bond acceptors (Lipinski definition) is 5. The number of rotatable bonds is 6. The lowest BCUT2D eigenvalue weighted by Crippen LogP contribution is -2.38. The Morgan fingerprint density at radius 3 is 2.35 bits per heavy atom. The van der Waals surface area contributed by atoms with Gasteiger partial charge >= 0.3 is 11.9 Å². The molecule has 0 saturated heterocycles. The van der Waals surface area contributed by atoms with Crippen LogP contribution >= 0.6 is 0 Å². The predicted octanol–water partition coefficient (Wildman–Crippen LogP) is 2.48. The molecule has 0 aromatic heterocycles. The summed E-state index contributed by atoms with van der Waals surface area (Å²) in [5.74, 6) is -1.80. The van der Waals surface area contributed by atoms with E-state index in [1.807, 2.05) is 0 Å². The molecule has 1 fully saturated rings. The molecule has 144 valence electrons. The molecular weight excluding hydrogens is 358 g/mol. The van der Waals surface area contributed by atoms with Gasteiger partial charge in [0.2, 0.25) is 10.0 Å². The Balaban J connectivity index is 2.14. The summed E-state index contributed by atoms with van der Waals surface area (Å²) >= 11 is 0. The van der Waals surface area contributed by atoms with Crippen LogP contribution in [0.1, 0.15) is 55.5 Å². The molecule has 26 heavy (non-hydrogen) atoms. The maximum Gasteiger partial charge on any atom is 0.338 e. The molecule has 0 unspecified atom stereocenters. The van der Waals surface area contributed by atoms with Crippen molar-refractivity contribution in [1.82, 2.24) is 4.72 Å². The molecule has 2 rings (SSSR count). The van der Waals surface area contributed by atoms with Crippen molar-refractivity contribution in [3.8, 4) is 0 Å². The fraction of sp³-hybridized carbons (Fsp3) is 0.556. The summed E-state index contributed by atoms with van der Waals surface area (Å²) in [6.45, 7) is 5.17. The highest BCUT2D eigenvalue weighted by Gasteiger charge is 2.29. The van der Waals surface area contributed by atoms with Crippen LogP contribution in [0.4, 0.5) is 0 Å². The molecule has 1 aliphatic rings. The van der Waals surface area contributed by atoms with E-state index in [2.05, 4.69) is 4.72 Å². The number of nitrogens with one attached hydrogen (secondary N) is 1. The maximum absolute atomic E-state index is 12.6. The SMILES string of the molecule is Cc1ccc(S(=O)(=O)NC2CCC(C(=O)O)CC2)cc1C(=O)OC(C)C. The molecule has 0 amide bonds. The van der Waals surface area contributed by atoms with Gasteiger partial charge in [0.1, 0.15) is 0 Å². The van der Waals surface area contributed by atoms with Crippen LogP contribution in [0, 0.1) is 12.8 Å². The lowest BCUT2D eigenvalue weighted by atomic mass is 9.87. The lowest BCUT2D eigenvalue weighted by molar-refractivity contribution is -0.142. The topological polar surface area (TPSA) is 110 Å². The molecule has 0 radical (unpaired) electrons. The number of sulfonamides is 1. The summed E-state index contributed by atoms with van der Waals surface area (Å²) in [4.78, 5) is 23.1. The monoisotopic (exact) mass is 383 g/mol. The van der Waals surface area contributed by atoms with Gasteiger partial charge in [-0.15, -0.1) is 0 Å². The van der Waals surface area contributed by atoms with E-state index in [1.54, 1.807) is 26.8 Å². The zero-order valence-electron chi connectivity index (χ0n) is 15.2. The second-order valence-corrected chi connectivity index (χ2v) is 8.65. The summed E-state index contributed by atoms with van der Waals surface area (Å²) in [5.41, 5.74) is 0.854. The molecule has 1 aromatic rings. The molecule has 0 spiro atoms. The van der Waals surface area contributed by atoms with Crippen LogP contribution < -0.4 is 4.72 Å². The van der Waals surface area contributed by atoms with E-state index < -0.39 is 27.9 Å². The minimum Gasteiger partial charge on any atom is -0.481 e. The maximum atomic E-state index is 12.6. The predicted molar refractivity (Wildman–Crippen MR) is 95.4 cm³/mol. The molecule has 0 aliphatic heterocycles. The molecule has 1 saturated carbocycles. The van der Waals surface area contributed by atoms with Gasteiger partial charge in [-0.1, -0.05) is 6.07 Å². The zero-order valence-corrected chi connectivity index (χ0v) is 16.0. The summed E-state index contributed by atoms with van der Waals surface area (Å²) in [6.07, 6.45) is 1.55. The van der Waals surface area contributed by atoms with Gasteiger partial charge in [0.25, 0.3) is 0 Å². The molecule has 0 heterocycles. The van der Waals surface area contributed by atoms with Gasteiger partial charge in [0.05, 0.1) is 22.5 Å². The normalized spacial score (nSPS) is 20.8. The number of carbonyl (C=O) groups is 2. The summed E-state index contributed by atoms with van der Waals surface area (Å²) < 4.78 is 33.1. The summed E-state index contributed by atoms with van der Waals surface area (Å²) in [6, 6.07) is 4.05. The van der Waals surface area contributed by atoms with Crippen LogP contribution in [0.15, 0.2) is 23.1 Å². The molecular formula is C18H25NO6S. The first-order valence-corrected chi connectivity index (χ1v) is 10.1. The third-order valence-corrected chi connectivity index (χ3v) is 6.00. The fourth-order valence-electron chi connectivity index (χ4n) is 3.01. The second kappa shape index (κ2) is 8.18. The minimum atomic E-state index is -3.80. The Kier molecular flexibility index (Phi) is 6.41. The number of benzene rings is 1. The number of ether oxygens (including phenoxy) is 1. The summed E-state index contributed by atoms with van der Waals surface area (Å²) in [7, 11) is -3.80. The second-order valence-electron chi connectivity index (χ2n) is 6.94. The van der Waals surface area contributed by atoms with Crippen molar-refractivity contribution in [2.45, 2.75) is 63.5 Å².